The summed E-state index contributed by atoms with van der Waals surface area (Å²) in [6.07, 6.45) is 0.782. The average Bonchev–Trinajstić information content (AvgIpc) is 2.65. The van der Waals surface area contributed by atoms with E-state index in [4.69, 9.17) is 14.5 Å². The molecule has 1 aromatic heterocycles. The largest absolute Gasteiger partial charge is 0.497 e. The van der Waals surface area contributed by atoms with Crippen molar-refractivity contribution in [2.45, 2.75) is 13.3 Å². The predicted octanol–water partition coefficient (Wildman–Crippen LogP) is 5.24. The summed E-state index contributed by atoms with van der Waals surface area (Å²) in [6.45, 7) is 2.37. The molecule has 0 aliphatic rings. The van der Waals surface area contributed by atoms with Gasteiger partial charge in [0.25, 0.3) is 0 Å². The first-order valence-electron chi connectivity index (χ1n) is 8.04. The molecule has 3 rings (SSSR count). The molecule has 0 radical (unpaired) electrons. The summed E-state index contributed by atoms with van der Waals surface area (Å²) >= 11 is 3.45. The monoisotopic (exact) mass is 399 g/mol. The first-order chi connectivity index (χ1) is 12.1. The number of aromatic nitrogens is 1. The van der Waals surface area contributed by atoms with Gasteiger partial charge >= 0.3 is 5.97 Å². The van der Waals surface area contributed by atoms with Crippen LogP contribution in [0.5, 0.6) is 5.75 Å². The van der Waals surface area contributed by atoms with Gasteiger partial charge in [-0.1, -0.05) is 22.9 Å². The molecule has 0 saturated heterocycles. The Kier molecular flexibility index (Phi) is 5.34. The molecule has 0 aliphatic carbocycles. The van der Waals surface area contributed by atoms with Crippen molar-refractivity contribution >= 4 is 32.8 Å². The molecule has 0 unspecified atom stereocenters. The highest BCUT2D eigenvalue weighted by Crippen LogP contribution is 2.28. The summed E-state index contributed by atoms with van der Waals surface area (Å²) in [5.41, 5.74) is 2.90. The standard InChI is InChI=1S/C20H18BrNO3/c1-3-10-25-20(23)17-12-19(13-4-7-15(24-2)8-5-13)22-18-9-6-14(21)11-16(17)18/h4-9,11-12H,3,10H2,1-2H3. The Bertz CT molecular complexity index is 907. The minimum absolute atomic E-state index is 0.331. The second-order valence-electron chi connectivity index (χ2n) is 5.58. The van der Waals surface area contributed by atoms with E-state index < -0.39 is 0 Å². The molecule has 0 bridgehead atoms. The zero-order valence-electron chi connectivity index (χ0n) is 14.1. The number of carbonyl (C=O) groups is 1. The number of benzene rings is 2. The van der Waals surface area contributed by atoms with Crippen molar-refractivity contribution < 1.29 is 14.3 Å². The fraction of sp³-hybridized carbons (Fsp3) is 0.200. The van der Waals surface area contributed by atoms with E-state index in [9.17, 15) is 4.79 Å². The fourth-order valence-electron chi connectivity index (χ4n) is 2.55. The van der Waals surface area contributed by atoms with Crippen LogP contribution in [0.25, 0.3) is 22.2 Å². The van der Waals surface area contributed by atoms with Gasteiger partial charge in [-0.3, -0.25) is 0 Å². The molecule has 0 saturated carbocycles. The molecule has 25 heavy (non-hydrogen) atoms. The van der Waals surface area contributed by atoms with Crippen LogP contribution in [-0.2, 0) is 4.74 Å². The van der Waals surface area contributed by atoms with Crippen LogP contribution in [0.4, 0.5) is 0 Å². The van der Waals surface area contributed by atoms with Gasteiger partial charge in [-0.2, -0.15) is 0 Å². The van der Waals surface area contributed by atoms with E-state index in [0.29, 0.717) is 12.2 Å². The predicted molar refractivity (Wildman–Crippen MR) is 102 cm³/mol. The summed E-state index contributed by atoms with van der Waals surface area (Å²) in [6, 6.07) is 15.1. The average molecular weight is 400 g/mol. The van der Waals surface area contributed by atoms with Crippen molar-refractivity contribution in [2.75, 3.05) is 13.7 Å². The van der Waals surface area contributed by atoms with E-state index in [2.05, 4.69) is 15.9 Å². The van der Waals surface area contributed by atoms with Gasteiger partial charge in [-0.05, 0) is 55.0 Å². The van der Waals surface area contributed by atoms with Crippen molar-refractivity contribution in [1.82, 2.24) is 4.98 Å². The van der Waals surface area contributed by atoms with Crippen molar-refractivity contribution in [3.8, 4) is 17.0 Å². The summed E-state index contributed by atoms with van der Waals surface area (Å²) in [7, 11) is 1.63. The molecule has 0 fully saturated rings. The molecule has 0 amide bonds. The number of esters is 1. The van der Waals surface area contributed by atoms with Crippen molar-refractivity contribution in [3.63, 3.8) is 0 Å². The summed E-state index contributed by atoms with van der Waals surface area (Å²) in [5, 5.41) is 0.771. The van der Waals surface area contributed by atoms with Gasteiger partial charge in [-0.15, -0.1) is 0 Å². The topological polar surface area (TPSA) is 48.4 Å². The van der Waals surface area contributed by atoms with E-state index in [1.165, 1.54) is 0 Å². The molecule has 5 heteroatoms. The molecular weight excluding hydrogens is 382 g/mol. The van der Waals surface area contributed by atoms with Crippen molar-refractivity contribution in [3.05, 3.63) is 58.6 Å². The lowest BCUT2D eigenvalue weighted by atomic mass is 10.0. The molecule has 2 aromatic carbocycles. The normalized spacial score (nSPS) is 10.7. The van der Waals surface area contributed by atoms with Gasteiger partial charge in [0, 0.05) is 15.4 Å². The van der Waals surface area contributed by atoms with Gasteiger partial charge in [0.1, 0.15) is 5.75 Å². The van der Waals surface area contributed by atoms with Crippen LogP contribution >= 0.6 is 15.9 Å². The molecule has 4 nitrogen and oxygen atoms in total. The van der Waals surface area contributed by atoms with Crippen LogP contribution in [0.1, 0.15) is 23.7 Å². The quantitative estimate of drug-likeness (QED) is 0.550. The Hall–Kier alpha value is -2.40. The Labute approximate surface area is 154 Å². The molecule has 0 aliphatic heterocycles. The number of methoxy groups -OCH3 is 1. The Morgan fingerprint density at radius 1 is 1.12 bits per heavy atom. The number of pyridine rings is 1. The third-order valence-electron chi connectivity index (χ3n) is 3.81. The number of hydrogen-bond donors (Lipinski definition) is 0. The second kappa shape index (κ2) is 7.66. The van der Waals surface area contributed by atoms with Crippen LogP contribution in [0, 0.1) is 0 Å². The lowest BCUT2D eigenvalue weighted by Crippen LogP contribution is -2.07. The third kappa shape index (κ3) is 3.82. The number of halogens is 1. The zero-order chi connectivity index (χ0) is 17.8. The molecule has 0 N–H and O–H groups in total. The first kappa shape index (κ1) is 17.4. The maximum absolute atomic E-state index is 12.5. The number of rotatable bonds is 5. The summed E-state index contributed by atoms with van der Waals surface area (Å²) in [5.74, 6) is 0.443. The smallest absolute Gasteiger partial charge is 0.338 e. The number of ether oxygens (including phenoxy) is 2. The van der Waals surface area contributed by atoms with E-state index >= 15 is 0 Å². The molecule has 128 valence electrons. The molecule has 0 spiro atoms. The minimum atomic E-state index is -0.331. The first-order valence-corrected chi connectivity index (χ1v) is 8.83. The van der Waals surface area contributed by atoms with Crippen LogP contribution in [0.15, 0.2) is 53.0 Å². The highest BCUT2D eigenvalue weighted by Gasteiger charge is 2.15. The second-order valence-corrected chi connectivity index (χ2v) is 6.50. The molecule has 3 aromatic rings. The van der Waals surface area contributed by atoms with Crippen LogP contribution in [0.3, 0.4) is 0 Å². The van der Waals surface area contributed by atoms with Crippen LogP contribution < -0.4 is 4.74 Å². The van der Waals surface area contributed by atoms with Gasteiger partial charge in [0.05, 0.1) is 30.5 Å². The number of fused-ring (bicyclic) bond motifs is 1. The van der Waals surface area contributed by atoms with Gasteiger partial charge in [0.2, 0.25) is 0 Å². The maximum atomic E-state index is 12.5. The summed E-state index contributed by atoms with van der Waals surface area (Å²) < 4.78 is 11.4. The Morgan fingerprint density at radius 2 is 1.88 bits per heavy atom. The fourth-order valence-corrected chi connectivity index (χ4v) is 2.91. The van der Waals surface area contributed by atoms with Crippen LogP contribution in [-0.4, -0.2) is 24.7 Å². The lowest BCUT2D eigenvalue weighted by molar-refractivity contribution is 0.0507. The number of hydrogen-bond acceptors (Lipinski definition) is 4. The summed E-state index contributed by atoms with van der Waals surface area (Å²) in [4.78, 5) is 17.2. The SMILES string of the molecule is CCCOC(=O)c1cc(-c2ccc(OC)cc2)nc2ccc(Br)cc12. The number of carbonyl (C=O) groups excluding carboxylic acids is 1. The third-order valence-corrected chi connectivity index (χ3v) is 4.31. The Morgan fingerprint density at radius 3 is 2.56 bits per heavy atom. The number of nitrogens with zero attached hydrogens (tertiary/aromatic N) is 1. The highest BCUT2D eigenvalue weighted by atomic mass is 79.9. The molecule has 1 heterocycles. The minimum Gasteiger partial charge on any atom is -0.497 e. The van der Waals surface area contributed by atoms with E-state index in [1.54, 1.807) is 13.2 Å². The van der Waals surface area contributed by atoms with E-state index in [0.717, 1.165) is 38.8 Å². The molecule has 0 atom stereocenters. The van der Waals surface area contributed by atoms with E-state index in [1.807, 2.05) is 49.4 Å². The van der Waals surface area contributed by atoms with E-state index in [-0.39, 0.29) is 5.97 Å². The van der Waals surface area contributed by atoms with Gasteiger partial charge in [-0.25, -0.2) is 9.78 Å². The zero-order valence-corrected chi connectivity index (χ0v) is 15.7. The van der Waals surface area contributed by atoms with Crippen LogP contribution in [0.2, 0.25) is 0 Å². The lowest BCUT2D eigenvalue weighted by Gasteiger charge is -2.10. The molecular formula is C20H18BrNO3. The highest BCUT2D eigenvalue weighted by molar-refractivity contribution is 9.10. The van der Waals surface area contributed by atoms with Gasteiger partial charge < -0.3 is 9.47 Å². The van der Waals surface area contributed by atoms with Crippen molar-refractivity contribution in [2.24, 2.45) is 0 Å². The van der Waals surface area contributed by atoms with Gasteiger partial charge in [0.15, 0.2) is 0 Å². The van der Waals surface area contributed by atoms with Crippen molar-refractivity contribution in [1.29, 1.82) is 0 Å². The maximum Gasteiger partial charge on any atom is 0.338 e. The Balaban J connectivity index is 2.13.